The molecular formula is C13H19ClN4OS. The number of aliphatic hydroxyl groups excluding tert-OH is 1. The summed E-state index contributed by atoms with van der Waals surface area (Å²) in [4.78, 5) is 0.825. The molecule has 0 fully saturated rings. The van der Waals surface area contributed by atoms with Crippen LogP contribution in [0.3, 0.4) is 0 Å². The van der Waals surface area contributed by atoms with Crippen molar-refractivity contribution in [2.24, 2.45) is 0 Å². The predicted octanol–water partition coefficient (Wildman–Crippen LogP) is 2.81. The summed E-state index contributed by atoms with van der Waals surface area (Å²) in [6.45, 7) is 6.79. The first-order valence-electron chi connectivity index (χ1n) is 6.85. The molecule has 1 atom stereocenters. The van der Waals surface area contributed by atoms with Gasteiger partial charge >= 0.3 is 0 Å². The highest BCUT2D eigenvalue weighted by Gasteiger charge is 2.22. The molecule has 0 aromatic carbocycles. The van der Waals surface area contributed by atoms with E-state index in [-0.39, 0.29) is 0 Å². The van der Waals surface area contributed by atoms with Crippen LogP contribution in [0, 0.1) is 0 Å². The molecule has 2 aromatic rings. The van der Waals surface area contributed by atoms with Gasteiger partial charge < -0.3 is 5.11 Å². The molecule has 0 radical (unpaired) electrons. The van der Waals surface area contributed by atoms with Crippen LogP contribution >= 0.6 is 23.1 Å². The molecule has 0 aliphatic heterocycles. The third-order valence-corrected chi connectivity index (χ3v) is 4.61. The summed E-state index contributed by atoms with van der Waals surface area (Å²) in [5, 5.41) is 19.6. The van der Waals surface area contributed by atoms with Crippen LogP contribution in [0.15, 0.2) is 0 Å². The summed E-state index contributed by atoms with van der Waals surface area (Å²) in [5.74, 6) is 0. The summed E-state index contributed by atoms with van der Waals surface area (Å²) < 4.78 is 5.78. The molecule has 20 heavy (non-hydrogen) atoms. The number of halogens is 1. The second kappa shape index (κ2) is 6.65. The average molecular weight is 315 g/mol. The Morgan fingerprint density at radius 1 is 1.25 bits per heavy atom. The zero-order chi connectivity index (χ0) is 14.7. The van der Waals surface area contributed by atoms with Crippen molar-refractivity contribution in [1.29, 1.82) is 0 Å². The fourth-order valence-electron chi connectivity index (χ4n) is 2.20. The van der Waals surface area contributed by atoms with E-state index < -0.39 is 6.10 Å². The summed E-state index contributed by atoms with van der Waals surface area (Å²) in [5.41, 5.74) is 2.62. The largest absolute Gasteiger partial charge is 0.387 e. The van der Waals surface area contributed by atoms with E-state index in [1.165, 1.54) is 11.5 Å². The Morgan fingerprint density at radius 3 is 2.55 bits per heavy atom. The molecular weight excluding hydrogens is 296 g/mol. The third-order valence-electron chi connectivity index (χ3n) is 3.30. The van der Waals surface area contributed by atoms with Crippen LogP contribution in [0.4, 0.5) is 0 Å². The maximum Gasteiger partial charge on any atom is 0.0972 e. The van der Waals surface area contributed by atoms with E-state index in [0.717, 1.165) is 41.3 Å². The molecule has 0 aliphatic rings. The van der Waals surface area contributed by atoms with Crippen LogP contribution in [0.5, 0.6) is 0 Å². The van der Waals surface area contributed by atoms with Gasteiger partial charge in [0.05, 0.1) is 33.1 Å². The van der Waals surface area contributed by atoms with Gasteiger partial charge in [0.25, 0.3) is 0 Å². The van der Waals surface area contributed by atoms with E-state index in [1.54, 1.807) is 0 Å². The minimum Gasteiger partial charge on any atom is -0.387 e. The van der Waals surface area contributed by atoms with E-state index in [4.69, 9.17) is 11.6 Å². The van der Waals surface area contributed by atoms with Crippen molar-refractivity contribution in [1.82, 2.24) is 19.4 Å². The quantitative estimate of drug-likeness (QED) is 0.890. The lowest BCUT2D eigenvalue weighted by Gasteiger charge is -2.11. The highest BCUT2D eigenvalue weighted by molar-refractivity contribution is 7.05. The molecule has 7 heteroatoms. The summed E-state index contributed by atoms with van der Waals surface area (Å²) in [7, 11) is 0. The van der Waals surface area contributed by atoms with Crippen LogP contribution < -0.4 is 0 Å². The van der Waals surface area contributed by atoms with Crippen molar-refractivity contribution in [3.8, 4) is 0 Å². The van der Waals surface area contributed by atoms with E-state index >= 15 is 0 Å². The molecule has 2 rings (SSSR count). The Kier molecular flexibility index (Phi) is 5.12. The van der Waals surface area contributed by atoms with Gasteiger partial charge in [0.2, 0.25) is 0 Å². The SMILES string of the molecule is CCc1nnsc1C(O)Cc1c(Cl)c(CC)nn1CC. The predicted molar refractivity (Wildman–Crippen MR) is 80.2 cm³/mol. The zero-order valence-corrected chi connectivity index (χ0v) is 13.5. The monoisotopic (exact) mass is 314 g/mol. The molecule has 0 bridgehead atoms. The van der Waals surface area contributed by atoms with Crippen molar-refractivity contribution in [3.05, 3.63) is 27.0 Å². The number of hydrogen-bond acceptors (Lipinski definition) is 5. The van der Waals surface area contributed by atoms with E-state index in [2.05, 4.69) is 14.7 Å². The summed E-state index contributed by atoms with van der Waals surface area (Å²) in [6.07, 6.45) is 1.37. The Morgan fingerprint density at radius 2 is 1.95 bits per heavy atom. The number of aryl methyl sites for hydroxylation is 3. The molecule has 2 aromatic heterocycles. The maximum atomic E-state index is 10.4. The van der Waals surface area contributed by atoms with Crippen LogP contribution in [0.25, 0.3) is 0 Å². The Hall–Kier alpha value is -0.980. The summed E-state index contributed by atoms with van der Waals surface area (Å²) >= 11 is 7.61. The van der Waals surface area contributed by atoms with Gasteiger partial charge in [-0.3, -0.25) is 4.68 Å². The Balaban J connectivity index is 2.27. The Bertz CT molecular complexity index is 581. The van der Waals surface area contributed by atoms with Gasteiger partial charge in [0.15, 0.2) is 0 Å². The molecule has 1 unspecified atom stereocenters. The standard InChI is InChI=1S/C13H19ClN4OS/c1-4-8-12(14)10(18(6-3)16-8)7-11(19)13-9(5-2)15-17-20-13/h11,19H,4-7H2,1-3H3. The third kappa shape index (κ3) is 2.87. The highest BCUT2D eigenvalue weighted by Crippen LogP contribution is 2.29. The maximum absolute atomic E-state index is 10.4. The smallest absolute Gasteiger partial charge is 0.0972 e. The lowest BCUT2D eigenvalue weighted by molar-refractivity contribution is 0.178. The van der Waals surface area contributed by atoms with Crippen molar-refractivity contribution < 1.29 is 5.11 Å². The molecule has 0 aliphatic carbocycles. The molecule has 2 heterocycles. The van der Waals surface area contributed by atoms with Gasteiger partial charge in [-0.05, 0) is 31.3 Å². The fourth-order valence-corrected chi connectivity index (χ4v) is 3.27. The second-order valence-corrected chi connectivity index (χ2v) is 5.70. The van der Waals surface area contributed by atoms with Crippen molar-refractivity contribution >= 4 is 23.1 Å². The first-order chi connectivity index (χ1) is 9.62. The van der Waals surface area contributed by atoms with E-state index in [9.17, 15) is 5.11 Å². The molecule has 1 N–H and O–H groups in total. The first kappa shape index (κ1) is 15.4. The molecule has 0 saturated carbocycles. The normalized spacial score (nSPS) is 12.8. The number of aromatic nitrogens is 4. The minimum absolute atomic E-state index is 0.441. The molecule has 0 amide bonds. The molecule has 0 saturated heterocycles. The Labute approximate surface area is 127 Å². The topological polar surface area (TPSA) is 63.8 Å². The van der Waals surface area contributed by atoms with Crippen molar-refractivity contribution in [2.45, 2.75) is 52.7 Å². The van der Waals surface area contributed by atoms with Crippen LogP contribution in [-0.2, 0) is 25.8 Å². The fraction of sp³-hybridized carbons (Fsp3) is 0.615. The van der Waals surface area contributed by atoms with E-state index in [0.29, 0.717) is 11.4 Å². The second-order valence-electron chi connectivity index (χ2n) is 4.53. The lowest BCUT2D eigenvalue weighted by atomic mass is 10.1. The highest BCUT2D eigenvalue weighted by atomic mass is 35.5. The minimum atomic E-state index is -0.630. The van der Waals surface area contributed by atoms with Gasteiger partial charge in [0.1, 0.15) is 0 Å². The van der Waals surface area contributed by atoms with E-state index in [1.807, 2.05) is 25.5 Å². The van der Waals surface area contributed by atoms with Crippen molar-refractivity contribution in [2.75, 3.05) is 0 Å². The first-order valence-corrected chi connectivity index (χ1v) is 8.00. The molecule has 110 valence electrons. The number of hydrogen-bond donors (Lipinski definition) is 1. The molecule has 5 nitrogen and oxygen atoms in total. The zero-order valence-electron chi connectivity index (χ0n) is 11.9. The average Bonchev–Trinajstić information content (AvgIpc) is 3.04. The number of nitrogens with zero attached hydrogens (tertiary/aromatic N) is 4. The number of aliphatic hydroxyl groups is 1. The van der Waals surface area contributed by atoms with Gasteiger partial charge in [-0.2, -0.15) is 5.10 Å². The van der Waals surface area contributed by atoms with Crippen molar-refractivity contribution in [3.63, 3.8) is 0 Å². The van der Waals surface area contributed by atoms with Gasteiger partial charge in [0, 0.05) is 13.0 Å². The van der Waals surface area contributed by atoms with Gasteiger partial charge in [-0.15, -0.1) is 5.10 Å². The molecule has 0 spiro atoms. The van der Waals surface area contributed by atoms with Gasteiger partial charge in [-0.1, -0.05) is 29.9 Å². The summed E-state index contributed by atoms with van der Waals surface area (Å²) in [6, 6.07) is 0. The lowest BCUT2D eigenvalue weighted by Crippen LogP contribution is -2.09. The van der Waals surface area contributed by atoms with Gasteiger partial charge in [-0.25, -0.2) is 0 Å². The number of rotatable bonds is 6. The van der Waals surface area contributed by atoms with Crippen LogP contribution in [-0.4, -0.2) is 24.5 Å². The van der Waals surface area contributed by atoms with Crippen LogP contribution in [0.2, 0.25) is 5.02 Å². The van der Waals surface area contributed by atoms with Crippen LogP contribution in [0.1, 0.15) is 48.8 Å².